The van der Waals surface area contributed by atoms with Gasteiger partial charge in [-0.1, -0.05) is 7.43 Å². The molecule has 0 aliphatic heterocycles. The fourth-order valence-electron chi connectivity index (χ4n) is 2.95. The minimum atomic E-state index is -0.133. The van der Waals surface area contributed by atoms with E-state index in [2.05, 4.69) is 15.0 Å². The van der Waals surface area contributed by atoms with E-state index in [0.717, 1.165) is 32.7 Å². The van der Waals surface area contributed by atoms with Crippen LogP contribution in [0, 0.1) is 13.8 Å². The molecular weight excluding hydrogens is 360 g/mol. The van der Waals surface area contributed by atoms with Crippen molar-refractivity contribution in [2.75, 3.05) is 0 Å². The summed E-state index contributed by atoms with van der Waals surface area (Å²) in [6.45, 7) is 3.88. The van der Waals surface area contributed by atoms with E-state index in [1.807, 2.05) is 38.1 Å². The summed E-state index contributed by atoms with van der Waals surface area (Å²) in [4.78, 5) is 24.7. The second kappa shape index (κ2) is 7.28. The van der Waals surface area contributed by atoms with Crippen LogP contribution in [0.4, 0.5) is 0 Å². The van der Waals surface area contributed by atoms with Gasteiger partial charge >= 0.3 is 0 Å². The molecule has 0 saturated carbocycles. The number of rotatable bonds is 3. The lowest BCUT2D eigenvalue weighted by atomic mass is 10.0. The third-order valence-electron chi connectivity index (χ3n) is 4.26. The molecule has 0 aliphatic carbocycles. The summed E-state index contributed by atoms with van der Waals surface area (Å²) in [5.74, 6) is 1.23. The van der Waals surface area contributed by atoms with E-state index in [9.17, 15) is 4.79 Å². The highest BCUT2D eigenvalue weighted by molar-refractivity contribution is 7.17. The molecule has 4 aromatic rings. The summed E-state index contributed by atoms with van der Waals surface area (Å²) in [6.07, 6.45) is 3.03. The Kier molecular flexibility index (Phi) is 5.05. The van der Waals surface area contributed by atoms with E-state index < -0.39 is 0 Å². The van der Waals surface area contributed by atoms with Crippen molar-refractivity contribution in [1.29, 1.82) is 0 Å². The van der Waals surface area contributed by atoms with E-state index in [-0.39, 0.29) is 13.0 Å². The van der Waals surface area contributed by atoms with Crippen LogP contribution in [0.25, 0.3) is 21.5 Å². The first-order valence-corrected chi connectivity index (χ1v) is 8.92. The number of thiazole rings is 1. The number of aromatic nitrogens is 4. The first-order valence-electron chi connectivity index (χ1n) is 8.04. The van der Waals surface area contributed by atoms with E-state index in [0.29, 0.717) is 11.6 Å². The van der Waals surface area contributed by atoms with Crippen LogP contribution >= 0.6 is 11.3 Å². The highest BCUT2D eigenvalue weighted by Gasteiger charge is 2.13. The summed E-state index contributed by atoms with van der Waals surface area (Å²) < 4.78 is 8.51. The Morgan fingerprint density at radius 1 is 1.11 bits per heavy atom. The Labute approximate surface area is 161 Å². The lowest BCUT2D eigenvalue weighted by Crippen LogP contribution is -2.19. The van der Waals surface area contributed by atoms with Crippen LogP contribution in [-0.2, 0) is 7.05 Å². The van der Waals surface area contributed by atoms with Crippen LogP contribution < -0.4 is 10.3 Å². The molecule has 1 aromatic carbocycles. The van der Waals surface area contributed by atoms with Gasteiger partial charge < -0.3 is 9.30 Å². The molecule has 0 unspecified atom stereocenters. The summed E-state index contributed by atoms with van der Waals surface area (Å²) in [7, 11) is 1.75. The quantitative estimate of drug-likeness (QED) is 0.523. The van der Waals surface area contributed by atoms with Gasteiger partial charge in [-0.25, -0.2) is 9.97 Å². The Hall–Kier alpha value is -3.06. The van der Waals surface area contributed by atoms with Gasteiger partial charge in [0.05, 0.1) is 28.6 Å². The minimum Gasteiger partial charge on any atom is -0.438 e. The highest BCUT2D eigenvalue weighted by Crippen LogP contribution is 2.33. The Bertz CT molecular complexity index is 1180. The lowest BCUT2D eigenvalue weighted by molar-refractivity contribution is 0.469. The predicted molar refractivity (Wildman–Crippen MR) is 109 cm³/mol. The third kappa shape index (κ3) is 3.33. The number of fused-ring (bicyclic) bond motifs is 1. The predicted octanol–water partition coefficient (Wildman–Crippen LogP) is 4.50. The zero-order valence-electron chi connectivity index (χ0n) is 14.6. The number of aryl methyl sites for hydroxylation is 2. The molecule has 6 nitrogen and oxygen atoms in total. The average Bonchev–Trinajstić information content (AvgIpc) is 3.10. The fourth-order valence-corrected chi connectivity index (χ4v) is 3.65. The van der Waals surface area contributed by atoms with Gasteiger partial charge in [0.2, 0.25) is 5.88 Å². The molecule has 138 valence electrons. The Balaban J connectivity index is 0.00000210. The van der Waals surface area contributed by atoms with Gasteiger partial charge in [0.15, 0.2) is 0 Å². The molecule has 0 atom stereocenters. The van der Waals surface area contributed by atoms with Gasteiger partial charge in [0.1, 0.15) is 10.4 Å². The standard InChI is InChI=1S/C19H16N4O2S.CH4/c1-11-8-13(25-19-18-15(6-7-20-19)22-10-26-18)4-5-14(11)17-12(2)21-9-16(24)23(17)3;/h4-10H,1-3H3;1H4. The van der Waals surface area contributed by atoms with E-state index in [1.165, 1.54) is 17.5 Å². The van der Waals surface area contributed by atoms with E-state index >= 15 is 0 Å². The van der Waals surface area contributed by atoms with Gasteiger partial charge in [0, 0.05) is 18.8 Å². The van der Waals surface area contributed by atoms with Crippen molar-refractivity contribution in [3.63, 3.8) is 0 Å². The maximum Gasteiger partial charge on any atom is 0.269 e. The monoisotopic (exact) mass is 380 g/mol. The molecule has 7 heteroatoms. The minimum absolute atomic E-state index is 0. The van der Waals surface area contributed by atoms with Crippen LogP contribution in [-0.4, -0.2) is 19.5 Å². The smallest absolute Gasteiger partial charge is 0.269 e. The van der Waals surface area contributed by atoms with Crippen molar-refractivity contribution >= 4 is 21.6 Å². The number of hydrogen-bond donors (Lipinski definition) is 0. The third-order valence-corrected chi connectivity index (χ3v) is 5.09. The van der Waals surface area contributed by atoms with Crippen molar-refractivity contribution < 1.29 is 4.74 Å². The van der Waals surface area contributed by atoms with E-state index in [1.54, 1.807) is 23.3 Å². The molecule has 0 spiro atoms. The van der Waals surface area contributed by atoms with Crippen molar-refractivity contribution in [3.05, 3.63) is 63.8 Å². The summed E-state index contributed by atoms with van der Waals surface area (Å²) >= 11 is 1.50. The van der Waals surface area contributed by atoms with Crippen LogP contribution in [0.1, 0.15) is 18.7 Å². The molecule has 27 heavy (non-hydrogen) atoms. The first kappa shape index (κ1) is 18.7. The Morgan fingerprint density at radius 2 is 1.93 bits per heavy atom. The molecule has 0 fully saturated rings. The maximum atomic E-state index is 11.9. The van der Waals surface area contributed by atoms with Gasteiger partial charge in [-0.15, -0.1) is 11.3 Å². The topological polar surface area (TPSA) is 69.9 Å². The van der Waals surface area contributed by atoms with Crippen LogP contribution in [0.3, 0.4) is 0 Å². The van der Waals surface area contributed by atoms with Gasteiger partial charge in [-0.3, -0.25) is 9.78 Å². The van der Waals surface area contributed by atoms with Crippen molar-refractivity contribution in [2.24, 2.45) is 7.05 Å². The molecule has 0 amide bonds. The number of nitrogens with zero attached hydrogens (tertiary/aromatic N) is 4. The Morgan fingerprint density at radius 3 is 2.70 bits per heavy atom. The van der Waals surface area contributed by atoms with Crippen molar-refractivity contribution in [3.8, 4) is 22.9 Å². The molecule has 3 heterocycles. The summed E-state index contributed by atoms with van der Waals surface area (Å²) in [5, 5.41) is 0. The lowest BCUT2D eigenvalue weighted by Gasteiger charge is -2.14. The molecule has 0 radical (unpaired) electrons. The zero-order valence-corrected chi connectivity index (χ0v) is 15.4. The zero-order chi connectivity index (χ0) is 18.3. The highest BCUT2D eigenvalue weighted by atomic mass is 32.1. The van der Waals surface area contributed by atoms with Crippen LogP contribution in [0.5, 0.6) is 11.6 Å². The van der Waals surface area contributed by atoms with Gasteiger partial charge in [-0.05, 0) is 43.7 Å². The average molecular weight is 380 g/mol. The number of pyridine rings is 1. The molecule has 0 bridgehead atoms. The van der Waals surface area contributed by atoms with Crippen molar-refractivity contribution in [1.82, 2.24) is 19.5 Å². The van der Waals surface area contributed by atoms with Gasteiger partial charge in [-0.2, -0.15) is 0 Å². The second-order valence-electron chi connectivity index (χ2n) is 5.98. The number of benzene rings is 1. The summed E-state index contributed by atoms with van der Waals surface area (Å²) in [6, 6.07) is 7.62. The van der Waals surface area contributed by atoms with Crippen LogP contribution in [0.15, 0.2) is 47.0 Å². The number of ether oxygens (including phenoxy) is 1. The van der Waals surface area contributed by atoms with Crippen LogP contribution in [0.2, 0.25) is 0 Å². The molecule has 0 saturated heterocycles. The molecule has 0 aliphatic rings. The fraction of sp³-hybridized carbons (Fsp3) is 0.200. The second-order valence-corrected chi connectivity index (χ2v) is 6.84. The van der Waals surface area contributed by atoms with Gasteiger partial charge in [0.25, 0.3) is 5.56 Å². The van der Waals surface area contributed by atoms with E-state index in [4.69, 9.17) is 4.74 Å². The molecule has 0 N–H and O–H groups in total. The van der Waals surface area contributed by atoms with Crippen molar-refractivity contribution in [2.45, 2.75) is 21.3 Å². The molecular formula is C20H20N4O2S. The summed E-state index contributed by atoms with van der Waals surface area (Å²) in [5.41, 5.74) is 6.07. The normalized spacial score (nSPS) is 10.6. The molecule has 3 aromatic heterocycles. The largest absolute Gasteiger partial charge is 0.438 e. The maximum absolute atomic E-state index is 11.9. The molecule has 4 rings (SSSR count). The number of hydrogen-bond acceptors (Lipinski definition) is 6. The SMILES string of the molecule is C.Cc1cc(Oc2nccc3ncsc23)ccc1-c1c(C)ncc(=O)n1C. The first-order chi connectivity index (χ1) is 12.5.